The number of rotatable bonds is 4. The molecular formula is C21H21NO2S2. The summed E-state index contributed by atoms with van der Waals surface area (Å²) in [5.74, 6) is 0.582. The van der Waals surface area contributed by atoms with Crippen molar-refractivity contribution in [3.05, 3.63) is 70.1 Å². The third-order valence-corrected chi connectivity index (χ3v) is 5.22. The predicted molar refractivity (Wildman–Crippen MR) is 112 cm³/mol. The Balaban J connectivity index is 1.74. The molecule has 1 fully saturated rings. The van der Waals surface area contributed by atoms with E-state index in [1.807, 2.05) is 30.3 Å². The summed E-state index contributed by atoms with van der Waals surface area (Å²) in [6.45, 7) is 7.07. The van der Waals surface area contributed by atoms with E-state index in [0.29, 0.717) is 15.8 Å². The maximum absolute atomic E-state index is 11.9. The molecule has 1 aliphatic rings. The molecule has 1 N–H and O–H groups in total. The van der Waals surface area contributed by atoms with Gasteiger partial charge in [0.25, 0.3) is 5.91 Å². The van der Waals surface area contributed by atoms with Gasteiger partial charge in [0, 0.05) is 5.56 Å². The van der Waals surface area contributed by atoms with Crippen LogP contribution in [0.1, 0.15) is 37.5 Å². The van der Waals surface area contributed by atoms with Crippen LogP contribution in [0, 0.1) is 0 Å². The molecular weight excluding hydrogens is 362 g/mol. The number of benzene rings is 2. The van der Waals surface area contributed by atoms with Crippen LogP contribution in [0.25, 0.3) is 6.08 Å². The molecule has 1 heterocycles. The Kier molecular flexibility index (Phi) is 5.49. The van der Waals surface area contributed by atoms with Crippen LogP contribution in [0.2, 0.25) is 0 Å². The van der Waals surface area contributed by atoms with E-state index >= 15 is 0 Å². The second-order valence-corrected chi connectivity index (χ2v) is 8.84. The van der Waals surface area contributed by atoms with Crippen molar-refractivity contribution in [1.82, 2.24) is 5.32 Å². The smallest absolute Gasteiger partial charge is 0.263 e. The lowest BCUT2D eigenvalue weighted by molar-refractivity contribution is -0.115. The first-order chi connectivity index (χ1) is 12.3. The van der Waals surface area contributed by atoms with Crippen LogP contribution in [0.3, 0.4) is 0 Å². The van der Waals surface area contributed by atoms with Crippen molar-refractivity contribution in [3.63, 3.8) is 0 Å². The fraction of sp³-hybridized carbons (Fsp3) is 0.238. The highest BCUT2D eigenvalue weighted by molar-refractivity contribution is 8.26. The van der Waals surface area contributed by atoms with E-state index in [9.17, 15) is 4.79 Å². The lowest BCUT2D eigenvalue weighted by atomic mass is 9.87. The number of thioether (sulfide) groups is 1. The van der Waals surface area contributed by atoms with Crippen LogP contribution < -0.4 is 10.1 Å². The van der Waals surface area contributed by atoms with Gasteiger partial charge in [-0.15, -0.1) is 0 Å². The van der Waals surface area contributed by atoms with Crippen molar-refractivity contribution in [2.45, 2.75) is 32.8 Å². The van der Waals surface area contributed by atoms with Crippen LogP contribution in [0.5, 0.6) is 5.75 Å². The van der Waals surface area contributed by atoms with Gasteiger partial charge in [-0.25, -0.2) is 0 Å². The lowest BCUT2D eigenvalue weighted by Crippen LogP contribution is -2.17. The van der Waals surface area contributed by atoms with Crippen LogP contribution in [0.15, 0.2) is 53.4 Å². The van der Waals surface area contributed by atoms with Gasteiger partial charge < -0.3 is 10.1 Å². The number of carbonyl (C=O) groups is 1. The van der Waals surface area contributed by atoms with E-state index in [1.54, 1.807) is 0 Å². The van der Waals surface area contributed by atoms with Gasteiger partial charge in [-0.2, -0.15) is 0 Å². The molecule has 1 amide bonds. The Hall–Kier alpha value is -2.11. The Bertz CT molecular complexity index is 864. The largest absolute Gasteiger partial charge is 0.488 e. The van der Waals surface area contributed by atoms with Crippen molar-refractivity contribution in [1.29, 1.82) is 0 Å². The average molecular weight is 384 g/mol. The highest BCUT2D eigenvalue weighted by Crippen LogP contribution is 2.29. The summed E-state index contributed by atoms with van der Waals surface area (Å²) in [6, 6.07) is 16.2. The molecule has 3 rings (SSSR count). The van der Waals surface area contributed by atoms with Gasteiger partial charge >= 0.3 is 0 Å². The Morgan fingerprint density at radius 2 is 1.81 bits per heavy atom. The molecule has 0 spiro atoms. The predicted octanol–water partition coefficient (Wildman–Crippen LogP) is 5.05. The summed E-state index contributed by atoms with van der Waals surface area (Å²) < 4.78 is 6.49. The van der Waals surface area contributed by atoms with E-state index in [-0.39, 0.29) is 11.3 Å². The summed E-state index contributed by atoms with van der Waals surface area (Å²) >= 11 is 6.30. The average Bonchev–Trinajstić information content (AvgIpc) is 2.91. The van der Waals surface area contributed by atoms with Crippen LogP contribution in [0.4, 0.5) is 0 Å². The van der Waals surface area contributed by atoms with Crippen molar-refractivity contribution in [3.8, 4) is 5.75 Å². The first-order valence-electron chi connectivity index (χ1n) is 8.39. The topological polar surface area (TPSA) is 38.3 Å². The molecule has 2 aromatic rings. The molecule has 0 atom stereocenters. The maximum atomic E-state index is 11.9. The normalized spacial score (nSPS) is 16.0. The highest BCUT2D eigenvalue weighted by atomic mass is 32.2. The fourth-order valence-corrected chi connectivity index (χ4v) is 3.59. The number of thiocarbonyl (C=S) groups is 1. The van der Waals surface area contributed by atoms with Crippen molar-refractivity contribution in [2.24, 2.45) is 0 Å². The molecule has 0 saturated carbocycles. The zero-order chi connectivity index (χ0) is 18.7. The fourth-order valence-electron chi connectivity index (χ4n) is 2.56. The number of hydrogen-bond acceptors (Lipinski definition) is 4. The second-order valence-electron chi connectivity index (χ2n) is 7.13. The summed E-state index contributed by atoms with van der Waals surface area (Å²) in [6.07, 6.45) is 1.82. The van der Waals surface area contributed by atoms with E-state index in [2.05, 4.69) is 50.4 Å². The van der Waals surface area contributed by atoms with Gasteiger partial charge in [0.1, 0.15) is 16.7 Å². The SMILES string of the molecule is CC(C)(C)c1ccc(COc2ccccc2/C=C2/SC(=S)NC2=O)cc1. The van der Waals surface area contributed by atoms with Crippen LogP contribution in [-0.2, 0) is 16.8 Å². The third-order valence-electron chi connectivity index (χ3n) is 4.06. The zero-order valence-corrected chi connectivity index (χ0v) is 16.7. The number of nitrogens with one attached hydrogen (secondary N) is 1. The molecule has 3 nitrogen and oxygen atoms in total. The van der Waals surface area contributed by atoms with Gasteiger partial charge in [0.2, 0.25) is 0 Å². The van der Waals surface area contributed by atoms with Gasteiger partial charge in [0.05, 0.1) is 4.91 Å². The van der Waals surface area contributed by atoms with E-state index in [0.717, 1.165) is 16.9 Å². The van der Waals surface area contributed by atoms with Crippen LogP contribution >= 0.6 is 24.0 Å². The standard InChI is InChI=1S/C21H21NO2S2/c1-21(2,3)16-10-8-14(9-11-16)13-24-17-7-5-4-6-15(17)12-18-19(23)22-20(25)26-18/h4-12H,13H2,1-3H3,(H,22,23,25)/b18-12+. The van der Waals surface area contributed by atoms with Gasteiger partial charge in [0.15, 0.2) is 0 Å². The minimum Gasteiger partial charge on any atom is -0.488 e. The Labute approximate surface area is 163 Å². The lowest BCUT2D eigenvalue weighted by Gasteiger charge is -2.19. The molecule has 0 aromatic heterocycles. The quantitative estimate of drug-likeness (QED) is 0.592. The van der Waals surface area contributed by atoms with E-state index < -0.39 is 0 Å². The van der Waals surface area contributed by atoms with E-state index in [1.165, 1.54) is 17.3 Å². The number of carbonyl (C=O) groups excluding carboxylic acids is 1. The van der Waals surface area contributed by atoms with Gasteiger partial charge in [-0.05, 0) is 28.7 Å². The molecule has 0 bridgehead atoms. The first-order valence-corrected chi connectivity index (χ1v) is 9.61. The highest BCUT2D eigenvalue weighted by Gasteiger charge is 2.22. The second kappa shape index (κ2) is 7.64. The summed E-state index contributed by atoms with van der Waals surface area (Å²) in [5, 5.41) is 2.63. The van der Waals surface area contributed by atoms with E-state index in [4.69, 9.17) is 17.0 Å². The molecule has 1 saturated heterocycles. The third kappa shape index (κ3) is 4.54. The molecule has 0 unspecified atom stereocenters. The van der Waals surface area contributed by atoms with Crippen molar-refractivity contribution >= 4 is 40.3 Å². The maximum Gasteiger partial charge on any atom is 0.263 e. The molecule has 0 aliphatic carbocycles. The Morgan fingerprint density at radius 1 is 1.12 bits per heavy atom. The summed E-state index contributed by atoms with van der Waals surface area (Å²) in [4.78, 5) is 12.4. The number of hydrogen-bond donors (Lipinski definition) is 1. The Morgan fingerprint density at radius 3 is 2.42 bits per heavy atom. The summed E-state index contributed by atoms with van der Waals surface area (Å²) in [7, 11) is 0. The zero-order valence-electron chi connectivity index (χ0n) is 15.0. The van der Waals surface area contributed by atoms with Crippen molar-refractivity contribution in [2.75, 3.05) is 0 Å². The minimum atomic E-state index is -0.160. The van der Waals surface area contributed by atoms with Crippen LogP contribution in [-0.4, -0.2) is 10.2 Å². The molecule has 1 aliphatic heterocycles. The number of para-hydroxylation sites is 1. The van der Waals surface area contributed by atoms with Crippen molar-refractivity contribution < 1.29 is 9.53 Å². The molecule has 26 heavy (non-hydrogen) atoms. The monoisotopic (exact) mass is 383 g/mol. The molecule has 2 aromatic carbocycles. The molecule has 0 radical (unpaired) electrons. The molecule has 134 valence electrons. The minimum absolute atomic E-state index is 0.137. The molecule has 5 heteroatoms. The van der Waals surface area contributed by atoms with Gasteiger partial charge in [-0.3, -0.25) is 4.79 Å². The number of amides is 1. The first kappa shape index (κ1) is 18.7. The number of ether oxygens (including phenoxy) is 1. The van der Waals surface area contributed by atoms with Gasteiger partial charge in [-0.1, -0.05) is 87.2 Å². The summed E-state index contributed by atoms with van der Waals surface area (Å²) in [5.41, 5.74) is 3.40.